The van der Waals surface area contributed by atoms with Gasteiger partial charge in [0.15, 0.2) is 6.10 Å². The quantitative estimate of drug-likeness (QED) is 0.659. The molecule has 0 radical (unpaired) electrons. The maximum absolute atomic E-state index is 12.3. The van der Waals surface area contributed by atoms with Crippen LogP contribution < -0.4 is 9.47 Å². The number of nitrogens with zero attached hydrogens (tertiary/aromatic N) is 2. The second kappa shape index (κ2) is 7.77. The van der Waals surface area contributed by atoms with E-state index in [9.17, 15) is 9.90 Å². The van der Waals surface area contributed by atoms with Crippen molar-refractivity contribution in [3.63, 3.8) is 0 Å². The summed E-state index contributed by atoms with van der Waals surface area (Å²) in [4.78, 5) is 12.3. The Balaban J connectivity index is 1.74. The zero-order valence-electron chi connectivity index (χ0n) is 15.0. The van der Waals surface area contributed by atoms with Crippen LogP contribution in [-0.2, 0) is 4.74 Å². The summed E-state index contributed by atoms with van der Waals surface area (Å²) in [5.41, 5.74) is 0.689. The summed E-state index contributed by atoms with van der Waals surface area (Å²) in [5.74, 6) is 0.614. The fourth-order valence-corrected chi connectivity index (χ4v) is 2.33. The van der Waals surface area contributed by atoms with Gasteiger partial charge < -0.3 is 23.7 Å². The first kappa shape index (κ1) is 18.2. The van der Waals surface area contributed by atoms with Crippen LogP contribution >= 0.6 is 0 Å². The number of phenolic OH excluding ortho intramolecular Hbond substituents is 1. The van der Waals surface area contributed by atoms with Crippen molar-refractivity contribution >= 4 is 5.97 Å². The topological polar surface area (TPSA) is 104 Å². The normalized spacial score (nSPS) is 11.7. The average Bonchev–Trinajstić information content (AvgIpc) is 3.18. The second-order valence-corrected chi connectivity index (χ2v) is 5.60. The first-order valence-corrected chi connectivity index (χ1v) is 8.07. The van der Waals surface area contributed by atoms with E-state index >= 15 is 0 Å². The number of esters is 1. The van der Waals surface area contributed by atoms with Gasteiger partial charge in [0.25, 0.3) is 5.89 Å². The third-order valence-corrected chi connectivity index (χ3v) is 3.83. The predicted molar refractivity (Wildman–Crippen MR) is 94.8 cm³/mol. The monoisotopic (exact) mass is 370 g/mol. The number of ether oxygens (including phenoxy) is 3. The Morgan fingerprint density at radius 2 is 1.70 bits per heavy atom. The lowest BCUT2D eigenvalue weighted by Gasteiger charge is -2.11. The van der Waals surface area contributed by atoms with Gasteiger partial charge in [0.1, 0.15) is 22.8 Å². The first-order chi connectivity index (χ1) is 13.0. The van der Waals surface area contributed by atoms with Crippen molar-refractivity contribution in [2.24, 2.45) is 0 Å². The number of phenols is 1. The van der Waals surface area contributed by atoms with Gasteiger partial charge in [-0.25, -0.2) is 4.79 Å². The molecule has 0 bridgehead atoms. The number of carbonyl (C=O) groups is 1. The Morgan fingerprint density at radius 1 is 1.04 bits per heavy atom. The maximum atomic E-state index is 12.3. The standard InChI is InChI=1S/C19H18N2O6/c1-11(26-19(23)15-10-14(25-3)8-9-16(15)22)17-20-21-18(27-17)12-4-6-13(24-2)7-5-12/h4-11,22H,1-3H3. The van der Waals surface area contributed by atoms with Crippen LogP contribution in [-0.4, -0.2) is 35.5 Å². The molecule has 8 nitrogen and oxygen atoms in total. The zero-order valence-corrected chi connectivity index (χ0v) is 15.0. The lowest BCUT2D eigenvalue weighted by atomic mass is 10.2. The third-order valence-electron chi connectivity index (χ3n) is 3.83. The molecule has 0 aliphatic rings. The summed E-state index contributed by atoms with van der Waals surface area (Å²) < 4.78 is 21.1. The van der Waals surface area contributed by atoms with Crippen molar-refractivity contribution in [1.29, 1.82) is 0 Å². The molecule has 0 saturated heterocycles. The SMILES string of the molecule is COc1ccc(-c2nnc(C(C)OC(=O)c3cc(OC)ccc3O)o2)cc1. The molecule has 0 amide bonds. The molecule has 0 saturated carbocycles. The van der Waals surface area contributed by atoms with Crippen molar-refractivity contribution in [3.8, 4) is 28.7 Å². The Bertz CT molecular complexity index is 936. The summed E-state index contributed by atoms with van der Waals surface area (Å²) in [5, 5.41) is 17.8. The van der Waals surface area contributed by atoms with Crippen molar-refractivity contribution in [1.82, 2.24) is 10.2 Å². The summed E-state index contributed by atoms with van der Waals surface area (Å²) in [6, 6.07) is 11.4. The van der Waals surface area contributed by atoms with Crippen LogP contribution in [0.4, 0.5) is 0 Å². The fourth-order valence-electron chi connectivity index (χ4n) is 2.33. The molecule has 1 atom stereocenters. The minimum absolute atomic E-state index is 0.0175. The van der Waals surface area contributed by atoms with Gasteiger partial charge in [-0.05, 0) is 49.4 Å². The number of aromatic nitrogens is 2. The predicted octanol–water partition coefficient (Wildman–Crippen LogP) is 3.38. The van der Waals surface area contributed by atoms with Gasteiger partial charge in [-0.15, -0.1) is 10.2 Å². The van der Waals surface area contributed by atoms with Gasteiger partial charge in [0.05, 0.1) is 14.2 Å². The average molecular weight is 370 g/mol. The number of aromatic hydroxyl groups is 1. The number of methoxy groups -OCH3 is 2. The van der Waals surface area contributed by atoms with E-state index in [0.717, 1.165) is 0 Å². The van der Waals surface area contributed by atoms with Gasteiger partial charge in [0, 0.05) is 5.56 Å². The molecule has 2 aromatic carbocycles. The first-order valence-electron chi connectivity index (χ1n) is 8.07. The molecule has 3 rings (SSSR count). The van der Waals surface area contributed by atoms with Crippen LogP contribution in [0.15, 0.2) is 46.9 Å². The lowest BCUT2D eigenvalue weighted by Crippen LogP contribution is -2.10. The van der Waals surface area contributed by atoms with E-state index in [1.54, 1.807) is 38.3 Å². The van der Waals surface area contributed by atoms with E-state index in [4.69, 9.17) is 18.6 Å². The third kappa shape index (κ3) is 4.00. The van der Waals surface area contributed by atoms with Gasteiger partial charge >= 0.3 is 5.97 Å². The molecule has 0 aliphatic heterocycles. The summed E-state index contributed by atoms with van der Waals surface area (Å²) in [6.07, 6.45) is -0.803. The van der Waals surface area contributed by atoms with E-state index in [-0.39, 0.29) is 17.2 Å². The van der Waals surface area contributed by atoms with E-state index in [1.165, 1.54) is 25.3 Å². The van der Waals surface area contributed by atoms with Crippen molar-refractivity contribution in [3.05, 3.63) is 53.9 Å². The molecular weight excluding hydrogens is 352 g/mol. The molecule has 0 fully saturated rings. The van der Waals surface area contributed by atoms with Gasteiger partial charge in [-0.2, -0.15) is 0 Å². The lowest BCUT2D eigenvalue weighted by molar-refractivity contribution is 0.0276. The van der Waals surface area contributed by atoms with E-state index < -0.39 is 12.1 Å². The molecule has 1 heterocycles. The Labute approximate surface area is 155 Å². The van der Waals surface area contributed by atoms with E-state index in [2.05, 4.69) is 10.2 Å². The highest BCUT2D eigenvalue weighted by Gasteiger charge is 2.22. The number of rotatable bonds is 6. The van der Waals surface area contributed by atoms with Crippen molar-refractivity contribution in [2.45, 2.75) is 13.0 Å². The maximum Gasteiger partial charge on any atom is 0.342 e. The molecule has 0 aliphatic carbocycles. The fraction of sp³-hybridized carbons (Fsp3) is 0.211. The molecule has 1 N–H and O–H groups in total. The van der Waals surface area contributed by atoms with Crippen LogP contribution in [0.2, 0.25) is 0 Å². The molecule has 140 valence electrons. The van der Waals surface area contributed by atoms with Crippen LogP contribution in [0, 0.1) is 0 Å². The van der Waals surface area contributed by atoms with Crippen LogP contribution in [0.25, 0.3) is 11.5 Å². The minimum Gasteiger partial charge on any atom is -0.507 e. The number of hydrogen-bond acceptors (Lipinski definition) is 8. The van der Waals surface area contributed by atoms with Crippen LogP contribution in [0.1, 0.15) is 29.3 Å². The van der Waals surface area contributed by atoms with Crippen molar-refractivity contribution in [2.75, 3.05) is 14.2 Å². The van der Waals surface area contributed by atoms with Crippen LogP contribution in [0.3, 0.4) is 0 Å². The summed E-state index contributed by atoms with van der Waals surface area (Å²) >= 11 is 0. The highest BCUT2D eigenvalue weighted by molar-refractivity contribution is 5.93. The molecule has 27 heavy (non-hydrogen) atoms. The van der Waals surface area contributed by atoms with Gasteiger partial charge in [-0.3, -0.25) is 0 Å². The highest BCUT2D eigenvalue weighted by atomic mass is 16.6. The molecule has 8 heteroatoms. The van der Waals surface area contributed by atoms with Gasteiger partial charge in [-0.1, -0.05) is 0 Å². The Hall–Kier alpha value is -3.55. The van der Waals surface area contributed by atoms with Crippen LogP contribution in [0.5, 0.6) is 17.2 Å². The molecule has 3 aromatic rings. The smallest absolute Gasteiger partial charge is 0.342 e. The molecule has 1 aromatic heterocycles. The number of hydrogen-bond donors (Lipinski definition) is 1. The van der Waals surface area contributed by atoms with E-state index in [0.29, 0.717) is 23.0 Å². The van der Waals surface area contributed by atoms with Gasteiger partial charge in [0.2, 0.25) is 5.89 Å². The zero-order chi connectivity index (χ0) is 19.4. The minimum atomic E-state index is -0.803. The highest BCUT2D eigenvalue weighted by Crippen LogP contribution is 2.27. The second-order valence-electron chi connectivity index (χ2n) is 5.60. The molecule has 1 unspecified atom stereocenters. The van der Waals surface area contributed by atoms with Crippen molar-refractivity contribution < 1.29 is 28.5 Å². The molecular formula is C19H18N2O6. The molecule has 0 spiro atoms. The Morgan fingerprint density at radius 3 is 2.37 bits per heavy atom. The van der Waals surface area contributed by atoms with E-state index in [1.807, 2.05) is 0 Å². The largest absolute Gasteiger partial charge is 0.507 e. The number of carbonyl (C=O) groups excluding carboxylic acids is 1. The Kier molecular flexibility index (Phi) is 5.25. The summed E-state index contributed by atoms with van der Waals surface area (Å²) in [7, 11) is 3.04. The number of benzene rings is 2. The summed E-state index contributed by atoms with van der Waals surface area (Å²) in [6.45, 7) is 1.60.